The molecule has 2 aromatic rings. The van der Waals surface area contributed by atoms with Gasteiger partial charge in [-0.05, 0) is 19.4 Å². The Morgan fingerprint density at radius 3 is 2.95 bits per heavy atom. The van der Waals surface area contributed by atoms with E-state index in [1.165, 1.54) is 6.33 Å². The van der Waals surface area contributed by atoms with Crippen LogP contribution in [0.15, 0.2) is 16.9 Å². The molecule has 2 rings (SSSR count). The molecule has 0 saturated carbocycles. The highest BCUT2D eigenvalue weighted by molar-refractivity contribution is 5.48. The zero-order valence-electron chi connectivity index (χ0n) is 10.9. The third-order valence-corrected chi connectivity index (χ3v) is 2.64. The van der Waals surface area contributed by atoms with Gasteiger partial charge in [0, 0.05) is 12.5 Å². The molecule has 0 radical (unpaired) electrons. The second kappa shape index (κ2) is 6.79. The van der Waals surface area contributed by atoms with Gasteiger partial charge < -0.3 is 15.0 Å². The lowest BCUT2D eigenvalue weighted by Gasteiger charge is -1.97. The van der Waals surface area contributed by atoms with Gasteiger partial charge in [-0.2, -0.15) is 4.98 Å². The first-order valence-corrected chi connectivity index (χ1v) is 6.22. The van der Waals surface area contributed by atoms with E-state index in [2.05, 4.69) is 20.1 Å². The summed E-state index contributed by atoms with van der Waals surface area (Å²) < 4.78 is 10.2. The van der Waals surface area contributed by atoms with Crippen molar-refractivity contribution in [2.75, 3.05) is 13.7 Å². The molecule has 0 aliphatic carbocycles. The molecule has 7 heteroatoms. The van der Waals surface area contributed by atoms with E-state index < -0.39 is 0 Å². The van der Waals surface area contributed by atoms with Crippen LogP contribution in [0.25, 0.3) is 11.5 Å². The number of hydrogen-bond donors (Lipinski definition) is 1. The van der Waals surface area contributed by atoms with Crippen LogP contribution in [-0.2, 0) is 6.42 Å². The van der Waals surface area contributed by atoms with Crippen LogP contribution in [0.5, 0.6) is 5.88 Å². The second-order valence-electron chi connectivity index (χ2n) is 4.06. The van der Waals surface area contributed by atoms with Crippen LogP contribution in [0.4, 0.5) is 0 Å². The van der Waals surface area contributed by atoms with E-state index in [-0.39, 0.29) is 0 Å². The third kappa shape index (κ3) is 3.72. The zero-order valence-corrected chi connectivity index (χ0v) is 10.9. The summed E-state index contributed by atoms with van der Waals surface area (Å²) in [5.41, 5.74) is 6.02. The first kappa shape index (κ1) is 13.4. The van der Waals surface area contributed by atoms with Gasteiger partial charge in [-0.25, -0.2) is 9.97 Å². The molecule has 0 fully saturated rings. The van der Waals surface area contributed by atoms with Crippen LogP contribution in [-0.4, -0.2) is 33.8 Å². The maximum atomic E-state index is 5.44. The molecule has 0 aliphatic heterocycles. The van der Waals surface area contributed by atoms with Crippen LogP contribution >= 0.6 is 0 Å². The van der Waals surface area contributed by atoms with Crippen LogP contribution in [0, 0.1) is 0 Å². The molecule has 2 aromatic heterocycles. The normalized spacial score (nSPS) is 10.6. The summed E-state index contributed by atoms with van der Waals surface area (Å²) in [5, 5.41) is 3.90. The lowest BCUT2D eigenvalue weighted by molar-refractivity contribution is 0.374. The van der Waals surface area contributed by atoms with Gasteiger partial charge >= 0.3 is 0 Å². The van der Waals surface area contributed by atoms with Crippen molar-refractivity contribution in [3.05, 3.63) is 18.3 Å². The van der Waals surface area contributed by atoms with E-state index in [0.29, 0.717) is 23.3 Å². The van der Waals surface area contributed by atoms with Crippen molar-refractivity contribution in [2.24, 2.45) is 5.73 Å². The Morgan fingerprint density at radius 1 is 1.26 bits per heavy atom. The van der Waals surface area contributed by atoms with E-state index in [1.54, 1.807) is 13.2 Å². The van der Waals surface area contributed by atoms with Gasteiger partial charge in [-0.15, -0.1) is 0 Å². The highest BCUT2D eigenvalue weighted by Gasteiger charge is 2.10. The zero-order chi connectivity index (χ0) is 13.5. The number of unbranched alkanes of at least 4 members (excludes halogenated alkanes) is 2. The number of ether oxygens (including phenoxy) is 1. The standard InChI is InChI=1S/C12H17N5O2/c1-18-11-7-9(14-8-15-11)12-16-10(19-17-12)5-3-2-4-6-13/h7-8H,2-6,13H2,1H3. The molecule has 0 amide bonds. The Kier molecular flexibility index (Phi) is 4.79. The predicted molar refractivity (Wildman–Crippen MR) is 68.5 cm³/mol. The highest BCUT2D eigenvalue weighted by atomic mass is 16.5. The van der Waals surface area contributed by atoms with E-state index in [9.17, 15) is 0 Å². The average Bonchev–Trinajstić information content (AvgIpc) is 2.92. The number of aryl methyl sites for hydroxylation is 1. The number of methoxy groups -OCH3 is 1. The smallest absolute Gasteiger partial charge is 0.227 e. The highest BCUT2D eigenvalue weighted by Crippen LogP contribution is 2.17. The van der Waals surface area contributed by atoms with E-state index in [0.717, 1.165) is 32.2 Å². The summed E-state index contributed by atoms with van der Waals surface area (Å²) in [5.74, 6) is 1.54. The summed E-state index contributed by atoms with van der Waals surface area (Å²) in [6, 6.07) is 1.67. The van der Waals surface area contributed by atoms with Crippen molar-refractivity contribution >= 4 is 0 Å². The predicted octanol–water partition coefficient (Wildman–Crippen LogP) is 1.21. The van der Waals surface area contributed by atoms with Crippen LogP contribution in [0.2, 0.25) is 0 Å². The van der Waals surface area contributed by atoms with Crippen LogP contribution in [0.3, 0.4) is 0 Å². The second-order valence-corrected chi connectivity index (χ2v) is 4.06. The lowest BCUT2D eigenvalue weighted by atomic mass is 10.2. The average molecular weight is 263 g/mol. The molecule has 0 aliphatic rings. The number of rotatable bonds is 7. The van der Waals surface area contributed by atoms with Crippen LogP contribution < -0.4 is 10.5 Å². The quantitative estimate of drug-likeness (QED) is 0.749. The molecule has 2 N–H and O–H groups in total. The van der Waals surface area contributed by atoms with Gasteiger partial charge in [0.2, 0.25) is 17.6 Å². The van der Waals surface area contributed by atoms with Gasteiger partial charge in [-0.3, -0.25) is 0 Å². The molecular weight excluding hydrogens is 246 g/mol. The first-order valence-electron chi connectivity index (χ1n) is 6.22. The Balaban J connectivity index is 1.99. The summed E-state index contributed by atoms with van der Waals surface area (Å²) in [6.45, 7) is 0.718. The third-order valence-electron chi connectivity index (χ3n) is 2.64. The molecule has 0 spiro atoms. The van der Waals surface area contributed by atoms with Crippen molar-refractivity contribution in [1.82, 2.24) is 20.1 Å². The maximum Gasteiger partial charge on any atom is 0.227 e. The Labute approximate surface area is 111 Å². The van der Waals surface area contributed by atoms with Gasteiger partial charge in [-0.1, -0.05) is 11.6 Å². The van der Waals surface area contributed by atoms with Crippen molar-refractivity contribution < 1.29 is 9.26 Å². The fourth-order valence-electron chi connectivity index (χ4n) is 1.63. The molecule has 2 heterocycles. The Bertz CT molecular complexity index is 514. The molecule has 0 atom stereocenters. The fraction of sp³-hybridized carbons (Fsp3) is 0.500. The van der Waals surface area contributed by atoms with Crippen molar-refractivity contribution in [1.29, 1.82) is 0 Å². The fourth-order valence-corrected chi connectivity index (χ4v) is 1.63. The summed E-state index contributed by atoms with van der Waals surface area (Å²) in [4.78, 5) is 12.3. The molecule has 0 saturated heterocycles. The van der Waals surface area contributed by atoms with E-state index in [4.69, 9.17) is 15.0 Å². The number of nitrogens with two attached hydrogens (primary N) is 1. The maximum absolute atomic E-state index is 5.44. The molecule has 0 unspecified atom stereocenters. The lowest BCUT2D eigenvalue weighted by Crippen LogP contribution is -1.98. The number of hydrogen-bond acceptors (Lipinski definition) is 7. The molecule has 19 heavy (non-hydrogen) atoms. The number of nitrogens with zero attached hydrogens (tertiary/aromatic N) is 4. The summed E-state index contributed by atoms with van der Waals surface area (Å²) in [7, 11) is 1.55. The molecular formula is C12H17N5O2. The van der Waals surface area contributed by atoms with Gasteiger partial charge in [0.05, 0.1) is 7.11 Å². The minimum atomic E-state index is 0.453. The van der Waals surface area contributed by atoms with E-state index >= 15 is 0 Å². The van der Waals surface area contributed by atoms with Gasteiger partial charge in [0.1, 0.15) is 12.0 Å². The summed E-state index contributed by atoms with van der Waals surface area (Å²) in [6.07, 6.45) is 5.24. The topological polar surface area (TPSA) is 100.0 Å². The van der Waals surface area contributed by atoms with Crippen LogP contribution in [0.1, 0.15) is 25.2 Å². The first-order chi connectivity index (χ1) is 9.33. The van der Waals surface area contributed by atoms with Gasteiger partial charge in [0.15, 0.2) is 0 Å². The van der Waals surface area contributed by atoms with Gasteiger partial charge in [0.25, 0.3) is 0 Å². The van der Waals surface area contributed by atoms with E-state index in [1.807, 2.05) is 0 Å². The van der Waals surface area contributed by atoms with Crippen molar-refractivity contribution in [3.8, 4) is 17.4 Å². The molecule has 102 valence electrons. The Morgan fingerprint density at radius 2 is 2.16 bits per heavy atom. The van der Waals surface area contributed by atoms with Crippen molar-refractivity contribution in [3.63, 3.8) is 0 Å². The Hall–Kier alpha value is -2.02. The summed E-state index contributed by atoms with van der Waals surface area (Å²) >= 11 is 0. The van der Waals surface area contributed by atoms with Crippen molar-refractivity contribution in [2.45, 2.75) is 25.7 Å². The minimum Gasteiger partial charge on any atom is -0.481 e. The SMILES string of the molecule is COc1cc(-c2noc(CCCCCN)n2)ncn1. The molecule has 7 nitrogen and oxygen atoms in total. The molecule has 0 bridgehead atoms. The largest absolute Gasteiger partial charge is 0.481 e. The molecule has 0 aromatic carbocycles. The monoisotopic (exact) mass is 263 g/mol. The number of aromatic nitrogens is 4. The minimum absolute atomic E-state index is 0.453.